The van der Waals surface area contributed by atoms with Crippen LogP contribution in [0.2, 0.25) is 0 Å². The smallest absolute Gasteiger partial charge is 0.0620 e. The van der Waals surface area contributed by atoms with Crippen molar-refractivity contribution in [2.24, 2.45) is 0 Å². The van der Waals surface area contributed by atoms with Gasteiger partial charge in [-0.3, -0.25) is 0 Å². The molecule has 0 aliphatic rings. The van der Waals surface area contributed by atoms with Crippen LogP contribution in [0.25, 0.3) is 92.7 Å². The van der Waals surface area contributed by atoms with E-state index in [-0.39, 0.29) is 0 Å². The average Bonchev–Trinajstić information content (AvgIpc) is 3.59. The largest absolute Gasteiger partial charge is 0.308 e. The van der Waals surface area contributed by atoms with Crippen molar-refractivity contribution in [3.05, 3.63) is 152 Å². The molecule has 2 heterocycles. The van der Waals surface area contributed by atoms with Gasteiger partial charge in [0.1, 0.15) is 0 Å². The summed E-state index contributed by atoms with van der Waals surface area (Å²) in [4.78, 5) is 0. The molecule has 0 saturated heterocycles. The SMILES string of the molecule is c1ccc2cc(-c3c4ccccc4c(-c4ccc5c6cccc7c8ccccc8n(c5c4)c76)c4ccccc34)ccc2c1. The molecule has 8 aromatic carbocycles. The zero-order valence-corrected chi connectivity index (χ0v) is 23.4. The molecule has 198 valence electrons. The Balaban J connectivity index is 1.33. The van der Waals surface area contributed by atoms with Crippen LogP contribution in [0.3, 0.4) is 0 Å². The van der Waals surface area contributed by atoms with Crippen LogP contribution in [-0.4, -0.2) is 4.40 Å². The lowest BCUT2D eigenvalue weighted by atomic mass is 9.85. The number of hydrogen-bond donors (Lipinski definition) is 0. The second kappa shape index (κ2) is 8.44. The number of para-hydroxylation sites is 2. The molecular weight excluding hydrogens is 518 g/mol. The number of rotatable bonds is 2. The summed E-state index contributed by atoms with van der Waals surface area (Å²) < 4.78 is 2.48. The van der Waals surface area contributed by atoms with Gasteiger partial charge in [-0.1, -0.05) is 133 Å². The fraction of sp³-hybridized carbons (Fsp3) is 0. The summed E-state index contributed by atoms with van der Waals surface area (Å²) in [7, 11) is 0. The van der Waals surface area contributed by atoms with E-state index in [2.05, 4.69) is 156 Å². The van der Waals surface area contributed by atoms with Crippen LogP contribution in [0.5, 0.6) is 0 Å². The lowest BCUT2D eigenvalue weighted by molar-refractivity contribution is 1.37. The van der Waals surface area contributed by atoms with Gasteiger partial charge in [-0.05, 0) is 72.8 Å². The summed E-state index contributed by atoms with van der Waals surface area (Å²) in [5.41, 5.74) is 8.93. The second-order valence-corrected chi connectivity index (χ2v) is 11.7. The minimum atomic E-state index is 1.25. The first-order valence-electron chi connectivity index (χ1n) is 15.0. The fourth-order valence-electron chi connectivity index (χ4n) is 7.68. The summed E-state index contributed by atoms with van der Waals surface area (Å²) in [5, 5.41) is 12.9. The quantitative estimate of drug-likeness (QED) is 0.191. The predicted octanol–water partition coefficient (Wildman–Crippen LogP) is 11.6. The Bertz CT molecular complexity index is 2670. The molecular formula is C42H25N. The number of fused-ring (bicyclic) bond motifs is 9. The van der Waals surface area contributed by atoms with Gasteiger partial charge in [-0.2, -0.15) is 0 Å². The number of benzene rings is 8. The standard InChI is InChI=1S/C42H25N/c1-2-11-27-24-28(21-20-26(27)10-1)40-32-13-3-5-15-34(32)41(35-16-6-4-14-33(35)40)29-22-23-31-37-18-9-17-36-30-12-7-8-19-38(30)43(42(36)37)39(31)25-29/h1-25H. The van der Waals surface area contributed by atoms with Crippen LogP contribution >= 0.6 is 0 Å². The maximum absolute atomic E-state index is 2.48. The van der Waals surface area contributed by atoms with Crippen molar-refractivity contribution in [1.29, 1.82) is 0 Å². The predicted molar refractivity (Wildman–Crippen MR) is 184 cm³/mol. The van der Waals surface area contributed by atoms with Gasteiger partial charge in [-0.25, -0.2) is 0 Å². The van der Waals surface area contributed by atoms with Crippen molar-refractivity contribution in [2.75, 3.05) is 0 Å². The van der Waals surface area contributed by atoms with Gasteiger partial charge < -0.3 is 4.40 Å². The molecule has 10 rings (SSSR count). The third-order valence-corrected chi connectivity index (χ3v) is 9.48. The summed E-state index contributed by atoms with van der Waals surface area (Å²) in [6.07, 6.45) is 0. The monoisotopic (exact) mass is 543 g/mol. The summed E-state index contributed by atoms with van der Waals surface area (Å²) in [6.45, 7) is 0. The normalized spacial score (nSPS) is 12.2. The molecule has 43 heavy (non-hydrogen) atoms. The van der Waals surface area contributed by atoms with E-state index in [1.807, 2.05) is 0 Å². The topological polar surface area (TPSA) is 4.41 Å². The van der Waals surface area contributed by atoms with Gasteiger partial charge in [0, 0.05) is 21.5 Å². The lowest BCUT2D eigenvalue weighted by Gasteiger charge is -2.18. The molecule has 0 N–H and O–H groups in total. The molecule has 2 aromatic heterocycles. The Morgan fingerprint density at radius 3 is 1.47 bits per heavy atom. The van der Waals surface area contributed by atoms with Gasteiger partial charge in [0.05, 0.1) is 16.6 Å². The summed E-state index contributed by atoms with van der Waals surface area (Å²) in [5.74, 6) is 0. The third-order valence-electron chi connectivity index (χ3n) is 9.48. The maximum atomic E-state index is 2.48. The molecule has 0 unspecified atom stereocenters. The number of aromatic nitrogens is 1. The highest BCUT2D eigenvalue weighted by molar-refractivity contribution is 6.25. The van der Waals surface area contributed by atoms with E-state index in [9.17, 15) is 0 Å². The van der Waals surface area contributed by atoms with Crippen LogP contribution < -0.4 is 0 Å². The molecule has 0 aliphatic heterocycles. The van der Waals surface area contributed by atoms with Gasteiger partial charge in [0.2, 0.25) is 0 Å². The van der Waals surface area contributed by atoms with Crippen molar-refractivity contribution in [3.63, 3.8) is 0 Å². The molecule has 10 aromatic rings. The first kappa shape index (κ1) is 23.0. The highest BCUT2D eigenvalue weighted by Gasteiger charge is 2.20. The van der Waals surface area contributed by atoms with E-state index in [0.717, 1.165) is 0 Å². The van der Waals surface area contributed by atoms with Crippen molar-refractivity contribution >= 4 is 70.4 Å². The van der Waals surface area contributed by atoms with Crippen LogP contribution in [0.15, 0.2) is 152 Å². The van der Waals surface area contributed by atoms with Crippen LogP contribution in [-0.2, 0) is 0 Å². The van der Waals surface area contributed by atoms with E-state index >= 15 is 0 Å². The second-order valence-electron chi connectivity index (χ2n) is 11.7. The third kappa shape index (κ3) is 3.06. The molecule has 0 fully saturated rings. The minimum Gasteiger partial charge on any atom is -0.308 e. The molecule has 0 radical (unpaired) electrons. The Labute approximate surface area is 248 Å². The Hall–Kier alpha value is -5.66. The zero-order chi connectivity index (χ0) is 28.1. The van der Waals surface area contributed by atoms with Crippen LogP contribution in [0.4, 0.5) is 0 Å². The van der Waals surface area contributed by atoms with Gasteiger partial charge >= 0.3 is 0 Å². The highest BCUT2D eigenvalue weighted by atomic mass is 14.9. The molecule has 1 heteroatoms. The van der Waals surface area contributed by atoms with E-state index < -0.39 is 0 Å². The number of nitrogens with zero attached hydrogens (tertiary/aromatic N) is 1. The van der Waals surface area contributed by atoms with E-state index in [1.54, 1.807) is 0 Å². The first-order valence-corrected chi connectivity index (χ1v) is 15.0. The highest BCUT2D eigenvalue weighted by Crippen LogP contribution is 2.46. The van der Waals surface area contributed by atoms with Crippen molar-refractivity contribution in [1.82, 2.24) is 4.40 Å². The summed E-state index contributed by atoms with van der Waals surface area (Å²) in [6, 6.07) is 56.0. The Kier molecular flexibility index (Phi) is 4.51. The van der Waals surface area contributed by atoms with Crippen LogP contribution in [0.1, 0.15) is 0 Å². The van der Waals surface area contributed by atoms with Gasteiger partial charge in [0.25, 0.3) is 0 Å². The Morgan fingerprint density at radius 2 is 0.791 bits per heavy atom. The Morgan fingerprint density at radius 1 is 0.302 bits per heavy atom. The van der Waals surface area contributed by atoms with Crippen molar-refractivity contribution in [3.8, 4) is 22.3 Å². The van der Waals surface area contributed by atoms with E-state index in [1.165, 1.54) is 92.7 Å². The van der Waals surface area contributed by atoms with Crippen molar-refractivity contribution < 1.29 is 0 Å². The number of hydrogen-bond acceptors (Lipinski definition) is 0. The molecule has 0 bridgehead atoms. The molecule has 0 amide bonds. The zero-order valence-electron chi connectivity index (χ0n) is 23.4. The van der Waals surface area contributed by atoms with E-state index in [0.29, 0.717) is 0 Å². The molecule has 0 saturated carbocycles. The van der Waals surface area contributed by atoms with Gasteiger partial charge in [-0.15, -0.1) is 0 Å². The summed E-state index contributed by atoms with van der Waals surface area (Å²) >= 11 is 0. The molecule has 0 atom stereocenters. The molecule has 0 spiro atoms. The lowest BCUT2D eigenvalue weighted by Crippen LogP contribution is -1.91. The van der Waals surface area contributed by atoms with Crippen LogP contribution in [0, 0.1) is 0 Å². The molecule has 1 nitrogen and oxygen atoms in total. The average molecular weight is 544 g/mol. The molecule has 0 aliphatic carbocycles. The minimum absolute atomic E-state index is 1.25. The maximum Gasteiger partial charge on any atom is 0.0620 e. The fourth-order valence-corrected chi connectivity index (χ4v) is 7.68. The van der Waals surface area contributed by atoms with E-state index in [4.69, 9.17) is 0 Å². The van der Waals surface area contributed by atoms with Gasteiger partial charge in [0.15, 0.2) is 0 Å². The van der Waals surface area contributed by atoms with Crippen molar-refractivity contribution in [2.45, 2.75) is 0 Å². The first-order chi connectivity index (χ1) is 21.3.